The summed E-state index contributed by atoms with van der Waals surface area (Å²) in [6.45, 7) is 0. The zero-order chi connectivity index (χ0) is 11.3. The van der Waals surface area contributed by atoms with Crippen LogP contribution < -0.4 is 0 Å². The summed E-state index contributed by atoms with van der Waals surface area (Å²) in [6.07, 6.45) is 4.03. The third-order valence-corrected chi connectivity index (χ3v) is 2.00. The van der Waals surface area contributed by atoms with E-state index in [-0.39, 0.29) is 11.4 Å². The van der Waals surface area contributed by atoms with Gasteiger partial charge in [0.2, 0.25) is 0 Å². The summed E-state index contributed by atoms with van der Waals surface area (Å²) >= 11 is 5.47. The van der Waals surface area contributed by atoms with Gasteiger partial charge in [0, 0.05) is 5.88 Å². The van der Waals surface area contributed by atoms with E-state index < -0.39 is 4.92 Å². The third kappa shape index (κ3) is 3.25. The predicted octanol–water partition coefficient (Wildman–Crippen LogP) is 2.94. The molecule has 1 aromatic carbocycles. The van der Waals surface area contributed by atoms with Crippen LogP contribution in [0.25, 0.3) is 6.08 Å². The average Bonchev–Trinajstić information content (AvgIpc) is 2.20. The minimum absolute atomic E-state index is 0.110. The highest BCUT2D eigenvalue weighted by atomic mass is 35.5. The van der Waals surface area contributed by atoms with Gasteiger partial charge >= 0.3 is 0 Å². The Morgan fingerprint density at radius 1 is 1.53 bits per heavy atom. The van der Waals surface area contributed by atoms with Crippen LogP contribution >= 0.6 is 11.6 Å². The smallest absolute Gasteiger partial charge is 0.280 e. The number of nitro benzene ring substituents is 1. The fraction of sp³-hybridized carbons (Fsp3) is 0.200. The van der Waals surface area contributed by atoms with Gasteiger partial charge in [-0.1, -0.05) is 12.2 Å². The summed E-state index contributed by atoms with van der Waals surface area (Å²) in [5.41, 5.74) is 0.351. The van der Waals surface area contributed by atoms with Crippen molar-refractivity contribution in [1.29, 1.82) is 0 Å². The molecule has 0 amide bonds. The summed E-state index contributed by atoms with van der Waals surface area (Å²) in [4.78, 5) is 10.1. The van der Waals surface area contributed by atoms with E-state index in [0.717, 1.165) is 6.07 Å². The monoisotopic (exact) mass is 227 g/mol. The molecule has 0 aromatic heterocycles. The number of alkyl halides is 1. The van der Waals surface area contributed by atoms with Gasteiger partial charge in [-0.25, -0.2) is 0 Å². The van der Waals surface area contributed by atoms with Crippen LogP contribution in [0.3, 0.4) is 0 Å². The van der Waals surface area contributed by atoms with E-state index in [2.05, 4.69) is 0 Å². The number of aromatic hydroxyl groups is 1. The van der Waals surface area contributed by atoms with E-state index in [4.69, 9.17) is 16.7 Å². The lowest BCUT2D eigenvalue weighted by atomic mass is 10.1. The number of benzene rings is 1. The molecule has 0 saturated heterocycles. The molecule has 0 bridgehead atoms. The molecule has 0 aliphatic heterocycles. The highest BCUT2D eigenvalue weighted by Gasteiger charge is 2.11. The Hall–Kier alpha value is -1.55. The van der Waals surface area contributed by atoms with Crippen molar-refractivity contribution in [2.45, 2.75) is 6.42 Å². The normalized spacial score (nSPS) is 10.7. The van der Waals surface area contributed by atoms with E-state index in [1.807, 2.05) is 0 Å². The number of nitro groups is 1. The lowest BCUT2D eigenvalue weighted by molar-refractivity contribution is -0.385. The highest BCUT2D eigenvalue weighted by molar-refractivity contribution is 6.17. The SMILES string of the molecule is O=[N+]([O-])c1cc(O)ccc1C=CCCCl. The van der Waals surface area contributed by atoms with Gasteiger partial charge in [0.05, 0.1) is 16.6 Å². The number of hydrogen-bond donors (Lipinski definition) is 1. The molecule has 0 fully saturated rings. The molecule has 1 rings (SSSR count). The van der Waals surface area contributed by atoms with Crippen molar-refractivity contribution in [2.24, 2.45) is 0 Å². The van der Waals surface area contributed by atoms with Gasteiger partial charge in [0.25, 0.3) is 5.69 Å². The van der Waals surface area contributed by atoms with Crippen molar-refractivity contribution in [1.82, 2.24) is 0 Å². The van der Waals surface area contributed by atoms with Crippen molar-refractivity contribution in [3.63, 3.8) is 0 Å². The summed E-state index contributed by atoms with van der Waals surface area (Å²) in [5, 5.41) is 19.7. The first kappa shape index (κ1) is 11.5. The molecule has 0 atom stereocenters. The number of nitrogens with zero attached hydrogens (tertiary/aromatic N) is 1. The van der Waals surface area contributed by atoms with Crippen molar-refractivity contribution in [3.05, 3.63) is 40.0 Å². The molecule has 4 nitrogen and oxygen atoms in total. The maximum atomic E-state index is 10.6. The first-order valence-corrected chi connectivity index (χ1v) is 4.88. The van der Waals surface area contributed by atoms with Crippen LogP contribution in [0.1, 0.15) is 12.0 Å². The second-order valence-electron chi connectivity index (χ2n) is 2.88. The quantitative estimate of drug-likeness (QED) is 0.489. The van der Waals surface area contributed by atoms with E-state index in [1.54, 1.807) is 12.2 Å². The molecule has 0 saturated carbocycles. The van der Waals surface area contributed by atoms with Gasteiger partial charge in [-0.15, -0.1) is 11.6 Å². The molecule has 1 N–H and O–H groups in total. The Labute approximate surface area is 92.0 Å². The topological polar surface area (TPSA) is 63.4 Å². The predicted molar refractivity (Wildman–Crippen MR) is 59.1 cm³/mol. The number of phenols is 1. The summed E-state index contributed by atoms with van der Waals surface area (Å²) in [7, 11) is 0. The average molecular weight is 228 g/mol. The van der Waals surface area contributed by atoms with E-state index in [1.165, 1.54) is 12.1 Å². The molecular weight excluding hydrogens is 218 g/mol. The van der Waals surface area contributed by atoms with Gasteiger partial charge in [-0.2, -0.15) is 0 Å². The van der Waals surface area contributed by atoms with Crippen molar-refractivity contribution < 1.29 is 10.0 Å². The highest BCUT2D eigenvalue weighted by Crippen LogP contribution is 2.24. The molecular formula is C10H10ClNO3. The van der Waals surface area contributed by atoms with E-state index in [0.29, 0.717) is 17.9 Å². The fourth-order valence-electron chi connectivity index (χ4n) is 1.10. The van der Waals surface area contributed by atoms with Crippen molar-refractivity contribution in [2.75, 3.05) is 5.88 Å². The Kier molecular flexibility index (Phi) is 4.12. The van der Waals surface area contributed by atoms with Crippen molar-refractivity contribution in [3.8, 4) is 5.75 Å². The number of hydrogen-bond acceptors (Lipinski definition) is 3. The minimum atomic E-state index is -0.528. The molecule has 5 heteroatoms. The molecule has 0 aliphatic carbocycles. The van der Waals surface area contributed by atoms with Crippen LogP contribution in [0.5, 0.6) is 5.75 Å². The maximum absolute atomic E-state index is 10.6. The van der Waals surface area contributed by atoms with Crippen molar-refractivity contribution >= 4 is 23.4 Å². The van der Waals surface area contributed by atoms with Gasteiger partial charge in [-0.3, -0.25) is 10.1 Å². The first-order valence-electron chi connectivity index (χ1n) is 4.35. The van der Waals surface area contributed by atoms with Gasteiger partial charge in [0.15, 0.2) is 0 Å². The molecule has 15 heavy (non-hydrogen) atoms. The van der Waals surface area contributed by atoms with Crippen LogP contribution in [-0.4, -0.2) is 15.9 Å². The van der Waals surface area contributed by atoms with E-state index >= 15 is 0 Å². The van der Waals surface area contributed by atoms with Gasteiger partial charge in [-0.05, 0) is 18.6 Å². The fourth-order valence-corrected chi connectivity index (χ4v) is 1.23. The summed E-state index contributed by atoms with van der Waals surface area (Å²) in [5.74, 6) is 0.360. The first-order chi connectivity index (χ1) is 7.15. The van der Waals surface area contributed by atoms with Crippen LogP contribution in [0.4, 0.5) is 5.69 Å². The van der Waals surface area contributed by atoms with Crippen LogP contribution in [0.15, 0.2) is 24.3 Å². The minimum Gasteiger partial charge on any atom is -0.508 e. The van der Waals surface area contributed by atoms with Gasteiger partial charge in [0.1, 0.15) is 5.75 Å². The molecule has 0 spiro atoms. The molecule has 80 valence electrons. The Morgan fingerprint density at radius 3 is 2.87 bits per heavy atom. The second-order valence-corrected chi connectivity index (χ2v) is 3.26. The summed E-state index contributed by atoms with van der Waals surface area (Å²) in [6, 6.07) is 4.03. The standard InChI is InChI=1S/C10H10ClNO3/c11-6-2-1-3-8-4-5-9(13)7-10(8)12(14)15/h1,3-5,7,13H,2,6H2. The van der Waals surface area contributed by atoms with Crippen LogP contribution in [0.2, 0.25) is 0 Å². The molecule has 0 aliphatic rings. The lowest BCUT2D eigenvalue weighted by Crippen LogP contribution is -1.90. The Morgan fingerprint density at radius 2 is 2.27 bits per heavy atom. The number of rotatable bonds is 4. The largest absolute Gasteiger partial charge is 0.508 e. The van der Waals surface area contributed by atoms with Crippen LogP contribution in [-0.2, 0) is 0 Å². The zero-order valence-electron chi connectivity index (χ0n) is 7.89. The zero-order valence-corrected chi connectivity index (χ0v) is 8.65. The van der Waals surface area contributed by atoms with Crippen LogP contribution in [0, 0.1) is 10.1 Å². The maximum Gasteiger partial charge on any atom is 0.280 e. The third-order valence-electron chi connectivity index (χ3n) is 1.78. The number of halogens is 1. The second kappa shape index (κ2) is 5.36. The Bertz CT molecular complexity index is 390. The lowest BCUT2D eigenvalue weighted by Gasteiger charge is -1.98. The molecule has 0 heterocycles. The number of allylic oxidation sites excluding steroid dienone is 1. The molecule has 0 radical (unpaired) electrons. The van der Waals surface area contributed by atoms with Gasteiger partial charge < -0.3 is 5.11 Å². The molecule has 0 unspecified atom stereocenters. The number of phenolic OH excluding ortho intramolecular Hbond substituents is 1. The van der Waals surface area contributed by atoms with E-state index in [9.17, 15) is 10.1 Å². The Balaban J connectivity index is 3.01. The summed E-state index contributed by atoms with van der Waals surface area (Å²) < 4.78 is 0. The molecule has 1 aromatic rings.